The van der Waals surface area contributed by atoms with Crippen molar-refractivity contribution in [2.75, 3.05) is 6.54 Å². The topological polar surface area (TPSA) is 104 Å². The first-order chi connectivity index (χ1) is 8.70. The van der Waals surface area contributed by atoms with E-state index in [-0.39, 0.29) is 12.3 Å². The lowest BCUT2D eigenvalue weighted by Crippen LogP contribution is -2.42. The van der Waals surface area contributed by atoms with Gasteiger partial charge in [-0.2, -0.15) is 0 Å². The lowest BCUT2D eigenvalue weighted by atomic mass is 10.0. The minimum atomic E-state index is -3.61. The van der Waals surface area contributed by atoms with Gasteiger partial charge in [0, 0.05) is 6.54 Å². The zero-order chi connectivity index (χ0) is 14.5. The van der Waals surface area contributed by atoms with Crippen molar-refractivity contribution in [1.29, 1.82) is 0 Å². The van der Waals surface area contributed by atoms with E-state index in [9.17, 15) is 18.3 Å². The standard InChI is InChI=1S/C12H17NO5S/c1-12(16,7-11(14)15)9-13-19(17,18)8-10-5-3-2-4-6-10/h2-6,13,16H,7-9H2,1H3,(H,14,15). The van der Waals surface area contributed by atoms with Crippen molar-refractivity contribution in [3.8, 4) is 0 Å². The van der Waals surface area contributed by atoms with Gasteiger partial charge in [0.25, 0.3) is 0 Å². The molecule has 19 heavy (non-hydrogen) atoms. The van der Waals surface area contributed by atoms with E-state index in [0.717, 1.165) is 0 Å². The molecule has 0 aliphatic heterocycles. The predicted molar refractivity (Wildman–Crippen MR) is 69.9 cm³/mol. The number of benzene rings is 1. The van der Waals surface area contributed by atoms with Gasteiger partial charge in [0.2, 0.25) is 10.0 Å². The van der Waals surface area contributed by atoms with Gasteiger partial charge in [0.15, 0.2) is 0 Å². The zero-order valence-electron chi connectivity index (χ0n) is 10.5. The van der Waals surface area contributed by atoms with Gasteiger partial charge < -0.3 is 10.2 Å². The van der Waals surface area contributed by atoms with Crippen LogP contribution in [-0.4, -0.2) is 36.7 Å². The number of carboxylic acids is 1. The summed E-state index contributed by atoms with van der Waals surface area (Å²) < 4.78 is 25.7. The first-order valence-corrected chi connectivity index (χ1v) is 7.31. The smallest absolute Gasteiger partial charge is 0.306 e. The first kappa shape index (κ1) is 15.6. The van der Waals surface area contributed by atoms with Gasteiger partial charge in [-0.25, -0.2) is 13.1 Å². The fourth-order valence-electron chi connectivity index (χ4n) is 1.50. The highest BCUT2D eigenvalue weighted by Crippen LogP contribution is 2.09. The number of sulfonamides is 1. The minimum absolute atomic E-state index is 0.211. The van der Waals surface area contributed by atoms with Gasteiger partial charge in [0.05, 0.1) is 17.8 Å². The Labute approximate surface area is 112 Å². The number of aliphatic hydroxyl groups is 1. The highest BCUT2D eigenvalue weighted by Gasteiger charge is 2.26. The molecule has 0 aliphatic carbocycles. The molecular weight excluding hydrogens is 270 g/mol. The van der Waals surface area contributed by atoms with Gasteiger partial charge in [-0.3, -0.25) is 4.79 Å². The van der Waals surface area contributed by atoms with Crippen molar-refractivity contribution in [3.05, 3.63) is 35.9 Å². The molecule has 0 saturated heterocycles. The number of rotatable bonds is 7. The van der Waals surface area contributed by atoms with Gasteiger partial charge >= 0.3 is 5.97 Å². The van der Waals surface area contributed by atoms with Crippen LogP contribution < -0.4 is 4.72 Å². The average molecular weight is 287 g/mol. The van der Waals surface area contributed by atoms with Crippen LogP contribution >= 0.6 is 0 Å². The fraction of sp³-hybridized carbons (Fsp3) is 0.417. The molecule has 0 spiro atoms. The molecule has 0 radical (unpaired) electrons. The third-order valence-corrected chi connectivity index (χ3v) is 3.70. The Balaban J connectivity index is 2.59. The molecule has 1 atom stereocenters. The van der Waals surface area contributed by atoms with Crippen LogP contribution in [0.25, 0.3) is 0 Å². The predicted octanol–water partition coefficient (Wildman–Crippen LogP) is 0.332. The summed E-state index contributed by atoms with van der Waals surface area (Å²) in [5.74, 6) is -1.40. The molecule has 0 bridgehead atoms. The highest BCUT2D eigenvalue weighted by atomic mass is 32.2. The van der Waals surface area contributed by atoms with E-state index >= 15 is 0 Å². The maximum Gasteiger partial charge on any atom is 0.306 e. The second-order valence-electron chi connectivity index (χ2n) is 4.63. The first-order valence-electron chi connectivity index (χ1n) is 5.66. The number of aliphatic carboxylic acids is 1. The van der Waals surface area contributed by atoms with Crippen LogP contribution in [0.5, 0.6) is 0 Å². The normalized spacial score (nSPS) is 14.8. The van der Waals surface area contributed by atoms with Crippen LogP contribution in [0.3, 0.4) is 0 Å². The number of hydrogen-bond donors (Lipinski definition) is 3. The fourth-order valence-corrected chi connectivity index (χ4v) is 2.76. The molecule has 0 heterocycles. The van der Waals surface area contributed by atoms with Crippen molar-refractivity contribution in [3.63, 3.8) is 0 Å². The average Bonchev–Trinajstić information content (AvgIpc) is 2.26. The molecule has 1 aromatic carbocycles. The zero-order valence-corrected chi connectivity index (χ0v) is 11.4. The van der Waals surface area contributed by atoms with Crippen molar-refractivity contribution < 1.29 is 23.4 Å². The molecule has 0 aliphatic rings. The lowest BCUT2D eigenvalue weighted by Gasteiger charge is -2.21. The maximum atomic E-state index is 11.8. The molecule has 106 valence electrons. The van der Waals surface area contributed by atoms with E-state index in [1.165, 1.54) is 6.92 Å². The summed E-state index contributed by atoms with van der Waals surface area (Å²) in [4.78, 5) is 10.5. The SMILES string of the molecule is CC(O)(CNS(=O)(=O)Cc1ccccc1)CC(=O)O. The van der Waals surface area contributed by atoms with Gasteiger partial charge in [-0.15, -0.1) is 0 Å². The van der Waals surface area contributed by atoms with Crippen molar-refractivity contribution in [2.45, 2.75) is 24.7 Å². The Morgan fingerprint density at radius 1 is 1.32 bits per heavy atom. The van der Waals surface area contributed by atoms with Gasteiger partial charge in [-0.1, -0.05) is 30.3 Å². The second kappa shape index (κ2) is 6.14. The van der Waals surface area contributed by atoms with Crippen molar-refractivity contribution in [1.82, 2.24) is 4.72 Å². The number of nitrogens with one attached hydrogen (secondary N) is 1. The number of carboxylic acid groups (broad SMARTS) is 1. The van der Waals surface area contributed by atoms with Gasteiger partial charge in [0.1, 0.15) is 0 Å². The number of hydrogen-bond acceptors (Lipinski definition) is 4. The molecular formula is C12H17NO5S. The molecule has 1 aromatic rings. The van der Waals surface area contributed by atoms with Crippen molar-refractivity contribution in [2.24, 2.45) is 0 Å². The third-order valence-electron chi connectivity index (χ3n) is 2.40. The molecule has 0 amide bonds. The Morgan fingerprint density at radius 3 is 2.42 bits per heavy atom. The van der Waals surface area contributed by atoms with Crippen LogP contribution in [0.4, 0.5) is 0 Å². The minimum Gasteiger partial charge on any atom is -0.481 e. The van der Waals surface area contributed by atoms with E-state index in [2.05, 4.69) is 4.72 Å². The van der Waals surface area contributed by atoms with E-state index < -0.39 is 28.0 Å². The molecule has 0 fully saturated rings. The van der Waals surface area contributed by atoms with E-state index in [0.29, 0.717) is 5.56 Å². The molecule has 3 N–H and O–H groups in total. The summed E-state index contributed by atoms with van der Waals surface area (Å²) in [5, 5.41) is 18.3. The summed E-state index contributed by atoms with van der Waals surface area (Å²) in [7, 11) is -3.61. The Hall–Kier alpha value is -1.44. The monoisotopic (exact) mass is 287 g/mol. The largest absolute Gasteiger partial charge is 0.481 e. The molecule has 0 aromatic heterocycles. The lowest BCUT2D eigenvalue weighted by molar-refractivity contribution is -0.141. The Kier molecular flexibility index (Phi) is 5.04. The van der Waals surface area contributed by atoms with Crippen molar-refractivity contribution >= 4 is 16.0 Å². The summed E-state index contributed by atoms with van der Waals surface area (Å²) >= 11 is 0. The Bertz CT molecular complexity index is 524. The molecule has 0 saturated carbocycles. The van der Waals surface area contributed by atoms with Crippen LogP contribution in [0.1, 0.15) is 18.9 Å². The third kappa shape index (κ3) is 6.32. The van der Waals surface area contributed by atoms with E-state index in [4.69, 9.17) is 5.11 Å². The summed E-state index contributed by atoms with van der Waals surface area (Å²) in [5.41, 5.74) is -0.997. The molecule has 1 rings (SSSR count). The van der Waals surface area contributed by atoms with E-state index in [1.54, 1.807) is 30.3 Å². The highest BCUT2D eigenvalue weighted by molar-refractivity contribution is 7.88. The van der Waals surface area contributed by atoms with Gasteiger partial charge in [-0.05, 0) is 12.5 Å². The maximum absolute atomic E-state index is 11.8. The van der Waals surface area contributed by atoms with Crippen LogP contribution in [0.2, 0.25) is 0 Å². The second-order valence-corrected chi connectivity index (χ2v) is 6.44. The summed E-state index contributed by atoms with van der Waals surface area (Å²) in [6.07, 6.45) is -0.527. The summed E-state index contributed by atoms with van der Waals surface area (Å²) in [6.45, 7) is 0.931. The Morgan fingerprint density at radius 2 is 1.89 bits per heavy atom. The molecule has 7 heteroatoms. The number of carbonyl (C=O) groups is 1. The van der Waals surface area contributed by atoms with Crippen LogP contribution in [0, 0.1) is 0 Å². The quantitative estimate of drug-likeness (QED) is 0.670. The van der Waals surface area contributed by atoms with Crippen LogP contribution in [0.15, 0.2) is 30.3 Å². The van der Waals surface area contributed by atoms with E-state index in [1.807, 2.05) is 0 Å². The van der Waals surface area contributed by atoms with Crippen LogP contribution in [-0.2, 0) is 20.6 Å². The summed E-state index contributed by atoms with van der Waals surface area (Å²) in [6, 6.07) is 8.58. The molecule has 6 nitrogen and oxygen atoms in total. The molecule has 1 unspecified atom stereocenters.